The SMILES string of the molecule is CC(C)[Si]1(C(C)C)OC[C@H]2O[C@@H](n3cnc4c(NC(=O)c5ccccc5)ncnc43)[C@H](OCOCCOCCNC(=O)O)[C@@H]2O[Si](C(C)C)(C(C)C)O1. The fourth-order valence-corrected chi connectivity index (χ4v) is 18.3. The summed E-state index contributed by atoms with van der Waals surface area (Å²) >= 11 is 0. The molecule has 2 aromatic heterocycles. The van der Waals surface area contributed by atoms with Crippen LogP contribution < -0.4 is 10.6 Å². The van der Waals surface area contributed by atoms with Gasteiger partial charge in [-0.2, -0.15) is 0 Å². The summed E-state index contributed by atoms with van der Waals surface area (Å²) < 4.78 is 48.2. The van der Waals surface area contributed by atoms with E-state index in [9.17, 15) is 9.59 Å². The highest BCUT2D eigenvalue weighted by molar-refractivity contribution is 6.84. The van der Waals surface area contributed by atoms with E-state index in [-0.39, 0.29) is 73.7 Å². The van der Waals surface area contributed by atoms with Crippen LogP contribution in [0.2, 0.25) is 22.2 Å². The highest BCUT2D eigenvalue weighted by Gasteiger charge is 2.62. The van der Waals surface area contributed by atoms with Gasteiger partial charge in [0, 0.05) is 12.1 Å². The predicted octanol–water partition coefficient (Wildman–Crippen LogP) is 5.58. The Hall–Kier alpha value is -3.34. The quantitative estimate of drug-likeness (QED) is 0.0932. The number of carbonyl (C=O) groups excluding carboxylic acids is 1. The first-order valence-electron chi connectivity index (χ1n) is 18.3. The Morgan fingerprint density at radius 2 is 1.60 bits per heavy atom. The van der Waals surface area contributed by atoms with Gasteiger partial charge in [0.05, 0.1) is 32.8 Å². The van der Waals surface area contributed by atoms with Crippen molar-refractivity contribution in [2.75, 3.05) is 45.1 Å². The molecule has 2 saturated heterocycles. The van der Waals surface area contributed by atoms with E-state index in [1.807, 2.05) is 6.07 Å². The normalized spacial score (nSPS) is 22.6. The lowest BCUT2D eigenvalue weighted by molar-refractivity contribution is -0.142. The van der Waals surface area contributed by atoms with Crippen LogP contribution in [0.25, 0.3) is 11.2 Å². The molecular formula is C35H54N6O10Si2. The number of imidazole rings is 1. The molecule has 292 valence electrons. The minimum atomic E-state index is -3.05. The summed E-state index contributed by atoms with van der Waals surface area (Å²) in [5.74, 6) is -0.0666. The number of fused-ring (bicyclic) bond motifs is 2. The highest BCUT2D eigenvalue weighted by Crippen LogP contribution is 2.49. The lowest BCUT2D eigenvalue weighted by Gasteiger charge is -2.51. The molecule has 4 heterocycles. The van der Waals surface area contributed by atoms with Crippen molar-refractivity contribution in [2.24, 2.45) is 0 Å². The Morgan fingerprint density at radius 3 is 2.26 bits per heavy atom. The van der Waals surface area contributed by atoms with Gasteiger partial charge in [-0.15, -0.1) is 0 Å². The molecule has 1 aromatic carbocycles. The average molecular weight is 775 g/mol. The van der Waals surface area contributed by atoms with Crippen molar-refractivity contribution >= 4 is 46.1 Å². The zero-order valence-corrected chi connectivity index (χ0v) is 33.8. The molecule has 3 N–H and O–H groups in total. The van der Waals surface area contributed by atoms with Crippen LogP contribution in [0, 0.1) is 0 Å². The van der Waals surface area contributed by atoms with E-state index in [1.54, 1.807) is 35.2 Å². The summed E-state index contributed by atoms with van der Waals surface area (Å²) in [7, 11) is -5.89. The standard InChI is InChI=1S/C35H54N6O10Si2/c1-22(2)52(23(3)4)48-18-27-29(50-53(51-52,24(5)6)25(7)8)30(47-21-46-17-16-45-15-14-36-35(43)44)34(49-27)41-20-39-28-31(37-19-38-32(28)41)40-33(42)26-12-10-9-11-13-26/h9-13,19-20,22-25,27,29-30,34,36H,14-18,21H2,1-8H3,(H,43,44)(H,37,38,40,42)/t27-,29-,30-,34-/m1/s1. The number of carbonyl (C=O) groups is 2. The summed E-state index contributed by atoms with van der Waals surface area (Å²) in [6.45, 7) is 18.3. The van der Waals surface area contributed by atoms with Gasteiger partial charge in [0.2, 0.25) is 0 Å². The van der Waals surface area contributed by atoms with Crippen LogP contribution >= 0.6 is 0 Å². The number of amides is 2. The summed E-state index contributed by atoms with van der Waals surface area (Å²) in [5.41, 5.74) is 1.77. The van der Waals surface area contributed by atoms with E-state index in [2.05, 4.69) is 81.0 Å². The minimum Gasteiger partial charge on any atom is -0.465 e. The van der Waals surface area contributed by atoms with Crippen LogP contribution in [0.3, 0.4) is 0 Å². The Labute approximate surface area is 312 Å². The summed E-state index contributed by atoms with van der Waals surface area (Å²) in [4.78, 5) is 37.3. The van der Waals surface area contributed by atoms with Crippen molar-refractivity contribution in [3.8, 4) is 0 Å². The van der Waals surface area contributed by atoms with Crippen molar-refractivity contribution in [2.45, 2.75) is 102 Å². The first-order chi connectivity index (χ1) is 25.3. The smallest absolute Gasteiger partial charge is 0.404 e. The van der Waals surface area contributed by atoms with Crippen molar-refractivity contribution in [1.29, 1.82) is 0 Å². The molecule has 0 bridgehead atoms. The van der Waals surface area contributed by atoms with Gasteiger partial charge < -0.3 is 47.7 Å². The topological polar surface area (TPSA) is 187 Å². The number of nitrogens with one attached hydrogen (secondary N) is 2. The van der Waals surface area contributed by atoms with Crippen molar-refractivity contribution in [1.82, 2.24) is 24.8 Å². The number of carboxylic acid groups (broad SMARTS) is 1. The van der Waals surface area contributed by atoms with Gasteiger partial charge in [0.15, 0.2) is 23.2 Å². The van der Waals surface area contributed by atoms with E-state index in [4.69, 9.17) is 37.0 Å². The van der Waals surface area contributed by atoms with Gasteiger partial charge in [-0.05, 0) is 34.3 Å². The number of aromatic nitrogens is 4. The van der Waals surface area contributed by atoms with Gasteiger partial charge in [-0.1, -0.05) is 73.6 Å². The maximum atomic E-state index is 13.1. The Balaban J connectivity index is 1.46. The van der Waals surface area contributed by atoms with Crippen LogP contribution in [0.4, 0.5) is 10.6 Å². The fourth-order valence-electron chi connectivity index (χ4n) is 7.06. The number of hydrogen-bond donors (Lipinski definition) is 3. The van der Waals surface area contributed by atoms with Crippen LogP contribution in [0.15, 0.2) is 43.0 Å². The van der Waals surface area contributed by atoms with Gasteiger partial charge in [-0.25, -0.2) is 19.7 Å². The number of rotatable bonds is 16. The largest absolute Gasteiger partial charge is 0.465 e. The first kappa shape index (κ1) is 40.8. The Bertz CT molecular complexity index is 1650. The molecule has 53 heavy (non-hydrogen) atoms. The third-order valence-corrected chi connectivity index (χ3v) is 20.0. The second-order valence-electron chi connectivity index (χ2n) is 14.5. The predicted molar refractivity (Wildman–Crippen MR) is 200 cm³/mol. The molecule has 0 unspecified atom stereocenters. The molecular weight excluding hydrogens is 721 g/mol. The summed E-state index contributed by atoms with van der Waals surface area (Å²) in [5, 5.41) is 13.9. The van der Waals surface area contributed by atoms with Crippen molar-refractivity contribution < 1.29 is 46.6 Å². The number of nitrogens with zero attached hydrogens (tertiary/aromatic N) is 4. The molecule has 2 aliphatic rings. The number of anilines is 1. The lowest BCUT2D eigenvalue weighted by Crippen LogP contribution is -2.66. The number of hydrogen-bond acceptors (Lipinski definition) is 12. The molecule has 4 atom stereocenters. The third-order valence-electron chi connectivity index (χ3n) is 9.76. The van der Waals surface area contributed by atoms with Gasteiger partial charge in [-0.3, -0.25) is 9.36 Å². The van der Waals surface area contributed by atoms with Gasteiger partial charge in [0.1, 0.15) is 31.4 Å². The maximum absolute atomic E-state index is 13.1. The highest BCUT2D eigenvalue weighted by atomic mass is 28.5. The van der Waals surface area contributed by atoms with Crippen LogP contribution in [0.5, 0.6) is 0 Å². The molecule has 0 radical (unpaired) electrons. The van der Waals surface area contributed by atoms with Crippen LogP contribution in [-0.2, 0) is 31.9 Å². The van der Waals surface area contributed by atoms with Crippen LogP contribution in [0.1, 0.15) is 72.0 Å². The molecule has 5 rings (SSSR count). The lowest BCUT2D eigenvalue weighted by atomic mass is 10.1. The van der Waals surface area contributed by atoms with E-state index in [0.29, 0.717) is 16.7 Å². The summed E-state index contributed by atoms with van der Waals surface area (Å²) in [6.07, 6.45) is -0.730. The number of ether oxygens (including phenoxy) is 4. The Morgan fingerprint density at radius 1 is 0.925 bits per heavy atom. The van der Waals surface area contributed by atoms with Gasteiger partial charge >= 0.3 is 23.2 Å². The van der Waals surface area contributed by atoms with E-state index in [1.165, 1.54) is 6.33 Å². The van der Waals surface area contributed by atoms with Crippen LogP contribution in [-0.4, -0.2) is 112 Å². The molecule has 16 nitrogen and oxygen atoms in total. The van der Waals surface area contributed by atoms with E-state index < -0.39 is 47.8 Å². The second-order valence-corrected chi connectivity index (χ2v) is 23.3. The molecule has 0 saturated carbocycles. The summed E-state index contributed by atoms with van der Waals surface area (Å²) in [6, 6.07) is 8.86. The van der Waals surface area contributed by atoms with E-state index in [0.717, 1.165) is 0 Å². The maximum Gasteiger partial charge on any atom is 0.404 e. The fraction of sp³-hybridized carbons (Fsp3) is 0.629. The monoisotopic (exact) mass is 774 g/mol. The first-order valence-corrected chi connectivity index (χ1v) is 22.2. The molecule has 0 aliphatic carbocycles. The average Bonchev–Trinajstić information content (AvgIpc) is 3.68. The second kappa shape index (κ2) is 17.9. The van der Waals surface area contributed by atoms with Crippen molar-refractivity contribution in [3.05, 3.63) is 48.5 Å². The number of benzene rings is 1. The zero-order chi connectivity index (χ0) is 38.3. The van der Waals surface area contributed by atoms with Crippen molar-refractivity contribution in [3.63, 3.8) is 0 Å². The molecule has 0 spiro atoms. The molecule has 18 heteroatoms. The Kier molecular flexibility index (Phi) is 13.8. The minimum absolute atomic E-state index is 0.0792. The molecule has 2 aliphatic heterocycles. The third kappa shape index (κ3) is 8.97. The van der Waals surface area contributed by atoms with Gasteiger partial charge in [0.25, 0.3) is 5.91 Å². The molecule has 2 fully saturated rings. The molecule has 2 amide bonds. The van der Waals surface area contributed by atoms with E-state index >= 15 is 0 Å². The zero-order valence-electron chi connectivity index (χ0n) is 31.8. The molecule has 3 aromatic rings.